The number of Topliss-reactive ketones (excluding diaryl/α,β-unsaturated/α-hetero) is 2. The van der Waals surface area contributed by atoms with Gasteiger partial charge < -0.3 is 39.7 Å². The molecule has 13 N–H and O–H groups in total. The number of benzene rings is 4. The van der Waals surface area contributed by atoms with E-state index in [2.05, 4.69) is 31.2 Å². The third-order valence-corrected chi connectivity index (χ3v) is 10.4. The number of nitrogens with one attached hydrogen (secondary N) is 1. The molecule has 306 valence electrons. The van der Waals surface area contributed by atoms with Crippen molar-refractivity contribution in [2.45, 2.75) is 63.5 Å². The lowest BCUT2D eigenvalue weighted by Gasteiger charge is -2.24. The van der Waals surface area contributed by atoms with Gasteiger partial charge in [0.2, 0.25) is 11.8 Å². The van der Waals surface area contributed by atoms with Crippen LogP contribution in [0.1, 0.15) is 49.7 Å². The van der Waals surface area contributed by atoms with E-state index in [1.165, 1.54) is 0 Å². The Hall–Kier alpha value is -5.86. The molecular formula is C44H54BrN9O4. The summed E-state index contributed by atoms with van der Waals surface area (Å²) in [5, 5.41) is 2.93. The molecule has 4 aromatic carbocycles. The average Bonchev–Trinajstić information content (AvgIpc) is 3.20. The van der Waals surface area contributed by atoms with Gasteiger partial charge in [-0.25, -0.2) is 0 Å². The molecule has 0 heterocycles. The second-order valence-electron chi connectivity index (χ2n) is 14.4. The number of hydrogen-bond acceptors (Lipinski definition) is 7. The van der Waals surface area contributed by atoms with E-state index in [9.17, 15) is 19.2 Å². The zero-order valence-electron chi connectivity index (χ0n) is 32.6. The third-order valence-electron chi connectivity index (χ3n) is 9.89. The monoisotopic (exact) mass is 851 g/mol. The van der Waals surface area contributed by atoms with Gasteiger partial charge in [0.15, 0.2) is 23.5 Å². The summed E-state index contributed by atoms with van der Waals surface area (Å²) >= 11 is 3.46. The van der Waals surface area contributed by atoms with Gasteiger partial charge in [0.1, 0.15) is 0 Å². The molecule has 0 radical (unpaired) electrons. The van der Waals surface area contributed by atoms with Crippen LogP contribution in [0.15, 0.2) is 118 Å². The Morgan fingerprint density at radius 2 is 1.02 bits per heavy atom. The number of primary amides is 1. The predicted molar refractivity (Wildman–Crippen MR) is 234 cm³/mol. The summed E-state index contributed by atoms with van der Waals surface area (Å²) in [6.07, 6.45) is 1.40. The Balaban J connectivity index is 1.53. The third kappa shape index (κ3) is 14.9. The zero-order chi connectivity index (χ0) is 42.0. The van der Waals surface area contributed by atoms with E-state index in [4.69, 9.17) is 34.4 Å². The lowest BCUT2D eigenvalue weighted by atomic mass is 9.89. The minimum atomic E-state index is -1.03. The average molecular weight is 853 g/mol. The van der Waals surface area contributed by atoms with E-state index in [1.807, 2.05) is 103 Å². The molecule has 0 unspecified atom stereocenters. The van der Waals surface area contributed by atoms with Crippen molar-refractivity contribution in [1.29, 1.82) is 0 Å². The quantitative estimate of drug-likeness (QED) is 0.0321. The van der Waals surface area contributed by atoms with Crippen molar-refractivity contribution in [2.75, 3.05) is 13.1 Å². The van der Waals surface area contributed by atoms with Crippen LogP contribution >= 0.6 is 15.9 Å². The maximum Gasteiger partial charge on any atom is 0.224 e. The standard InChI is InChI=1S/C44H54BrN9O4/c45-36-20-18-33(19-21-36)32-16-12-29(13-17-32)25-38(40(56)26-34(41(47)57)8-4-22-52-43(48)49)54-42(58)35(9-5-23-53-44(50)51)27-39(55)37(46)24-28-10-14-31(15-11-28)30-6-2-1-3-7-30/h1-3,6-7,10-21,34-35,37-38H,4-5,8-9,22-27,46H2,(H2,47,57)(H,54,58)(H4,48,49,52)(H4,50,51,53)/t34-,35-,37+,38+/m1/s1. The van der Waals surface area contributed by atoms with Crippen LogP contribution in [0.25, 0.3) is 22.3 Å². The molecule has 0 spiro atoms. The highest BCUT2D eigenvalue weighted by Gasteiger charge is 2.31. The van der Waals surface area contributed by atoms with Crippen molar-refractivity contribution >= 4 is 51.2 Å². The van der Waals surface area contributed by atoms with Crippen molar-refractivity contribution < 1.29 is 19.2 Å². The first-order valence-corrected chi connectivity index (χ1v) is 20.1. The Labute approximate surface area is 348 Å². The van der Waals surface area contributed by atoms with E-state index >= 15 is 0 Å². The normalized spacial score (nSPS) is 13.0. The first-order valence-electron chi connectivity index (χ1n) is 19.3. The number of nitrogens with two attached hydrogens (primary N) is 6. The first-order chi connectivity index (χ1) is 27.8. The van der Waals surface area contributed by atoms with Crippen LogP contribution in [0.2, 0.25) is 0 Å². The highest BCUT2D eigenvalue weighted by atomic mass is 79.9. The minimum absolute atomic E-state index is 0.0783. The largest absolute Gasteiger partial charge is 0.370 e. The van der Waals surface area contributed by atoms with E-state index in [0.29, 0.717) is 12.8 Å². The summed E-state index contributed by atoms with van der Waals surface area (Å²) in [7, 11) is 0. The molecule has 14 heteroatoms. The summed E-state index contributed by atoms with van der Waals surface area (Å²) in [5.74, 6) is -3.62. The van der Waals surface area contributed by atoms with Gasteiger partial charge in [-0.2, -0.15) is 0 Å². The maximum atomic E-state index is 14.2. The highest BCUT2D eigenvalue weighted by Crippen LogP contribution is 2.24. The van der Waals surface area contributed by atoms with Gasteiger partial charge in [-0.1, -0.05) is 107 Å². The van der Waals surface area contributed by atoms with Crippen molar-refractivity contribution in [3.63, 3.8) is 0 Å². The smallest absolute Gasteiger partial charge is 0.224 e. The molecule has 0 aliphatic carbocycles. The van der Waals surface area contributed by atoms with Gasteiger partial charge in [0.25, 0.3) is 0 Å². The molecule has 0 saturated heterocycles. The Morgan fingerprint density at radius 1 is 0.569 bits per heavy atom. The number of rotatable bonds is 23. The SMILES string of the molecule is NC(=O)[C@H](CCCN=C(N)N)CC(=O)[C@H](Cc1ccc(-c2ccc(Br)cc2)cc1)NC(=O)[C@H](CCCN=C(N)N)CC(=O)[C@@H](N)Cc1ccc(-c2ccccc2)cc1. The maximum absolute atomic E-state index is 14.2. The van der Waals surface area contributed by atoms with E-state index in [-0.39, 0.29) is 75.1 Å². The van der Waals surface area contributed by atoms with Crippen LogP contribution < -0.4 is 39.7 Å². The second kappa shape index (κ2) is 22.8. The predicted octanol–water partition coefficient (Wildman–Crippen LogP) is 4.12. The lowest BCUT2D eigenvalue weighted by molar-refractivity contribution is -0.134. The number of carbonyl (C=O) groups excluding carboxylic acids is 4. The molecule has 0 bridgehead atoms. The fourth-order valence-electron chi connectivity index (χ4n) is 6.62. The van der Waals surface area contributed by atoms with E-state index < -0.39 is 35.7 Å². The Morgan fingerprint density at radius 3 is 1.52 bits per heavy atom. The van der Waals surface area contributed by atoms with Gasteiger partial charge in [-0.3, -0.25) is 29.2 Å². The van der Waals surface area contributed by atoms with Crippen LogP contribution in [0, 0.1) is 11.8 Å². The number of ketones is 2. The molecule has 0 saturated carbocycles. The lowest BCUT2D eigenvalue weighted by Crippen LogP contribution is -2.47. The summed E-state index contributed by atoms with van der Waals surface area (Å²) in [6, 6.07) is 31.5. The van der Waals surface area contributed by atoms with E-state index in [1.54, 1.807) is 0 Å². The van der Waals surface area contributed by atoms with Gasteiger partial charge in [-0.05, 0) is 84.0 Å². The van der Waals surface area contributed by atoms with Gasteiger partial charge in [0.05, 0.1) is 12.1 Å². The molecule has 0 aliphatic heterocycles. The number of halogens is 1. The molecule has 0 aromatic heterocycles. The summed E-state index contributed by atoms with van der Waals surface area (Å²) in [6.45, 7) is 0.509. The fourth-order valence-corrected chi connectivity index (χ4v) is 6.88. The Bertz CT molecular complexity index is 2010. The number of carbonyl (C=O) groups is 4. The summed E-state index contributed by atoms with van der Waals surface area (Å²) < 4.78 is 0.961. The van der Waals surface area contributed by atoms with Crippen molar-refractivity contribution in [3.8, 4) is 22.3 Å². The van der Waals surface area contributed by atoms with Crippen LogP contribution in [0.5, 0.6) is 0 Å². The number of amides is 2. The Kier molecular flexibility index (Phi) is 17.6. The molecule has 13 nitrogen and oxygen atoms in total. The van der Waals surface area contributed by atoms with Gasteiger partial charge >= 0.3 is 0 Å². The number of hydrogen-bond donors (Lipinski definition) is 7. The van der Waals surface area contributed by atoms with Crippen molar-refractivity contribution in [1.82, 2.24) is 5.32 Å². The molecular weight excluding hydrogens is 798 g/mol. The number of guanidine groups is 2. The summed E-state index contributed by atoms with van der Waals surface area (Å²) in [5.41, 5.74) is 39.9. The van der Waals surface area contributed by atoms with Crippen molar-refractivity contribution in [2.24, 2.45) is 56.2 Å². The van der Waals surface area contributed by atoms with Crippen molar-refractivity contribution in [3.05, 3.63) is 119 Å². The minimum Gasteiger partial charge on any atom is -0.370 e. The zero-order valence-corrected chi connectivity index (χ0v) is 34.2. The molecule has 0 aliphatic rings. The highest BCUT2D eigenvalue weighted by molar-refractivity contribution is 9.10. The van der Waals surface area contributed by atoms with Crippen LogP contribution in [-0.2, 0) is 32.0 Å². The molecule has 2 amide bonds. The first kappa shape index (κ1) is 44.8. The molecule has 4 aromatic rings. The molecule has 58 heavy (non-hydrogen) atoms. The van der Waals surface area contributed by atoms with Gasteiger partial charge in [-0.15, -0.1) is 0 Å². The number of aliphatic imine (C=N–C) groups is 2. The molecule has 0 fully saturated rings. The molecule has 4 atom stereocenters. The van der Waals surface area contributed by atoms with Crippen LogP contribution in [0.3, 0.4) is 0 Å². The fraction of sp³-hybridized carbons (Fsp3) is 0.318. The van der Waals surface area contributed by atoms with Crippen LogP contribution in [0.4, 0.5) is 0 Å². The van der Waals surface area contributed by atoms with Gasteiger partial charge in [0, 0.05) is 42.2 Å². The van der Waals surface area contributed by atoms with E-state index in [0.717, 1.165) is 37.9 Å². The molecule has 4 rings (SSSR count). The number of nitrogens with zero attached hydrogens (tertiary/aromatic N) is 2. The topological polar surface area (TPSA) is 261 Å². The second-order valence-corrected chi connectivity index (χ2v) is 15.3. The van der Waals surface area contributed by atoms with Crippen LogP contribution in [-0.4, -0.2) is 60.5 Å². The summed E-state index contributed by atoms with van der Waals surface area (Å²) in [4.78, 5) is 62.3.